The molecule has 2 fully saturated rings. The molecule has 1 aromatic carbocycles. The van der Waals surface area contributed by atoms with Crippen LogP contribution in [0.4, 0.5) is 5.82 Å². The Morgan fingerprint density at radius 3 is 2.76 bits per heavy atom. The first-order chi connectivity index (χ1) is 18.2. The van der Waals surface area contributed by atoms with E-state index in [2.05, 4.69) is 49.1 Å². The van der Waals surface area contributed by atoms with E-state index >= 15 is 0 Å². The lowest BCUT2D eigenvalue weighted by Gasteiger charge is -2.44. The van der Waals surface area contributed by atoms with Crippen molar-refractivity contribution in [3.8, 4) is 11.8 Å². The van der Waals surface area contributed by atoms with Crippen LogP contribution in [-0.4, -0.2) is 87.1 Å². The third-order valence-electron chi connectivity index (χ3n) is 8.32. The molecule has 38 heavy (non-hydrogen) atoms. The number of likely N-dealkylation sites (N-methyl/N-ethyl adjacent to an activating group) is 1. The number of phenols is 1. The van der Waals surface area contributed by atoms with Gasteiger partial charge in [0.1, 0.15) is 18.2 Å². The number of rotatable bonds is 7. The summed E-state index contributed by atoms with van der Waals surface area (Å²) in [5.74, 6) is 1.16. The number of aromatic nitrogens is 2. The number of nitrogens with zero attached hydrogens (tertiary/aromatic N) is 6. The van der Waals surface area contributed by atoms with Gasteiger partial charge in [0.15, 0.2) is 0 Å². The minimum absolute atomic E-state index is 0.0331. The largest absolute Gasteiger partial charge is 0.508 e. The predicted molar refractivity (Wildman–Crippen MR) is 147 cm³/mol. The molecule has 0 unspecified atom stereocenters. The van der Waals surface area contributed by atoms with Crippen LogP contribution in [0.5, 0.6) is 11.8 Å². The maximum absolute atomic E-state index is 12.4. The Balaban J connectivity index is 1.42. The molecule has 204 valence electrons. The first-order valence-electron chi connectivity index (χ1n) is 13.7. The number of piperazine rings is 1. The Morgan fingerprint density at radius 1 is 1.21 bits per heavy atom. The first-order valence-corrected chi connectivity index (χ1v) is 13.7. The maximum Gasteiger partial charge on any atom is 0.318 e. The standard InChI is InChI=1S/C29H40N6O3/c1-6-27(37)34-13-21(4)35(14-20(34)3)28-25-16-33(15-22-12-24(36)10-9-19(22)2)17-26(25)30-29(31-28)38-18-23-8-7-11-32(23)5/h6,9-10,12,20-21,23,36H,1,7-8,11,13-18H2,2-5H3/t20-,21+,23+/m1/s1. The van der Waals surface area contributed by atoms with E-state index in [1.807, 2.05) is 17.0 Å². The van der Waals surface area contributed by atoms with Crippen molar-refractivity contribution in [3.63, 3.8) is 0 Å². The van der Waals surface area contributed by atoms with E-state index in [4.69, 9.17) is 14.7 Å². The van der Waals surface area contributed by atoms with Gasteiger partial charge in [0.25, 0.3) is 0 Å². The molecule has 0 radical (unpaired) electrons. The van der Waals surface area contributed by atoms with Gasteiger partial charge in [0.05, 0.1) is 5.69 Å². The van der Waals surface area contributed by atoms with E-state index in [-0.39, 0.29) is 23.7 Å². The van der Waals surface area contributed by atoms with Crippen molar-refractivity contribution in [3.05, 3.63) is 53.2 Å². The van der Waals surface area contributed by atoms with Gasteiger partial charge in [-0.15, -0.1) is 0 Å². The quantitative estimate of drug-likeness (QED) is 0.558. The van der Waals surface area contributed by atoms with Gasteiger partial charge in [-0.1, -0.05) is 12.6 Å². The molecule has 3 aliphatic rings. The van der Waals surface area contributed by atoms with Gasteiger partial charge in [-0.3, -0.25) is 9.69 Å². The summed E-state index contributed by atoms with van der Waals surface area (Å²) < 4.78 is 6.22. The average Bonchev–Trinajstić information content (AvgIpc) is 3.50. The van der Waals surface area contributed by atoms with E-state index in [1.54, 1.807) is 6.07 Å². The zero-order chi connectivity index (χ0) is 27.0. The lowest BCUT2D eigenvalue weighted by molar-refractivity contribution is -0.128. The number of likely N-dealkylation sites (tertiary alicyclic amines) is 1. The summed E-state index contributed by atoms with van der Waals surface area (Å²) in [5, 5.41) is 10.0. The monoisotopic (exact) mass is 520 g/mol. The Morgan fingerprint density at radius 2 is 2.03 bits per heavy atom. The maximum atomic E-state index is 12.4. The second-order valence-corrected chi connectivity index (χ2v) is 11.1. The lowest BCUT2D eigenvalue weighted by atomic mass is 10.1. The van der Waals surface area contributed by atoms with Crippen LogP contribution in [0.1, 0.15) is 49.1 Å². The average molecular weight is 521 g/mol. The highest BCUT2D eigenvalue weighted by Gasteiger charge is 2.36. The molecule has 2 aromatic rings. The number of fused-ring (bicyclic) bond motifs is 1. The molecule has 0 bridgehead atoms. The minimum Gasteiger partial charge on any atom is -0.508 e. The fourth-order valence-electron chi connectivity index (χ4n) is 5.97. The van der Waals surface area contributed by atoms with E-state index in [0.29, 0.717) is 44.8 Å². The summed E-state index contributed by atoms with van der Waals surface area (Å²) >= 11 is 0. The van der Waals surface area contributed by atoms with Crippen LogP contribution >= 0.6 is 0 Å². The smallest absolute Gasteiger partial charge is 0.318 e. The van der Waals surface area contributed by atoms with Crippen molar-refractivity contribution in [2.45, 2.75) is 71.4 Å². The predicted octanol–water partition coefficient (Wildman–Crippen LogP) is 3.09. The molecule has 1 N–H and O–H groups in total. The topological polar surface area (TPSA) is 85.3 Å². The minimum atomic E-state index is -0.0331. The Kier molecular flexibility index (Phi) is 7.59. The number of anilines is 1. The van der Waals surface area contributed by atoms with E-state index in [9.17, 15) is 9.90 Å². The zero-order valence-corrected chi connectivity index (χ0v) is 23.1. The molecule has 1 amide bonds. The number of hydrogen-bond acceptors (Lipinski definition) is 8. The van der Waals surface area contributed by atoms with Gasteiger partial charge >= 0.3 is 6.01 Å². The van der Waals surface area contributed by atoms with E-state index in [0.717, 1.165) is 47.7 Å². The summed E-state index contributed by atoms with van der Waals surface area (Å²) in [7, 11) is 2.14. The van der Waals surface area contributed by atoms with Gasteiger partial charge < -0.3 is 24.5 Å². The highest BCUT2D eigenvalue weighted by atomic mass is 16.5. The van der Waals surface area contributed by atoms with Crippen LogP contribution in [0.25, 0.3) is 0 Å². The normalized spacial score (nSPS) is 24.1. The Bertz CT molecular complexity index is 1200. The number of aryl methyl sites for hydroxylation is 1. The summed E-state index contributed by atoms with van der Waals surface area (Å²) in [6.45, 7) is 15.1. The second kappa shape index (κ2) is 10.9. The van der Waals surface area contributed by atoms with Gasteiger partial charge in [-0.2, -0.15) is 9.97 Å². The molecule has 9 nitrogen and oxygen atoms in total. The Hall–Kier alpha value is -3.17. The third-order valence-corrected chi connectivity index (χ3v) is 8.32. The van der Waals surface area contributed by atoms with Gasteiger partial charge in [0, 0.05) is 56.4 Å². The fourth-order valence-corrected chi connectivity index (χ4v) is 5.97. The summed E-state index contributed by atoms with van der Waals surface area (Å²) in [6, 6.07) is 6.46. The number of carbonyl (C=O) groups is 1. The number of carbonyl (C=O) groups excluding carboxylic acids is 1. The van der Waals surface area contributed by atoms with Gasteiger partial charge in [-0.25, -0.2) is 0 Å². The number of phenolic OH excluding ortho intramolecular Hbond substituents is 1. The van der Waals surface area contributed by atoms with Crippen LogP contribution < -0.4 is 9.64 Å². The highest BCUT2D eigenvalue weighted by Crippen LogP contribution is 2.35. The van der Waals surface area contributed by atoms with Crippen LogP contribution in [0, 0.1) is 6.92 Å². The molecule has 4 heterocycles. The van der Waals surface area contributed by atoms with Crippen molar-refractivity contribution in [2.75, 3.05) is 38.2 Å². The second-order valence-electron chi connectivity index (χ2n) is 11.1. The van der Waals surface area contributed by atoms with Gasteiger partial charge in [0.2, 0.25) is 5.91 Å². The molecule has 5 rings (SSSR count). The van der Waals surface area contributed by atoms with Crippen molar-refractivity contribution in [1.82, 2.24) is 24.7 Å². The van der Waals surface area contributed by atoms with Crippen LogP contribution in [0.3, 0.4) is 0 Å². The third kappa shape index (κ3) is 5.35. The molecular weight excluding hydrogens is 480 g/mol. The molecule has 0 spiro atoms. The molecule has 9 heteroatoms. The summed E-state index contributed by atoms with van der Waals surface area (Å²) in [5.41, 5.74) is 4.37. The van der Waals surface area contributed by atoms with Crippen molar-refractivity contribution in [2.24, 2.45) is 0 Å². The summed E-state index contributed by atoms with van der Waals surface area (Å²) in [4.78, 5) is 31.2. The lowest BCUT2D eigenvalue weighted by Crippen LogP contribution is -2.58. The number of ether oxygens (including phenoxy) is 1. The zero-order valence-electron chi connectivity index (χ0n) is 23.1. The van der Waals surface area contributed by atoms with E-state index < -0.39 is 0 Å². The number of hydrogen-bond donors (Lipinski definition) is 1. The first kappa shape index (κ1) is 26.4. The van der Waals surface area contributed by atoms with Crippen molar-refractivity contribution >= 4 is 11.7 Å². The molecule has 1 aromatic heterocycles. The molecule has 2 saturated heterocycles. The highest BCUT2D eigenvalue weighted by molar-refractivity contribution is 5.87. The molecule has 0 saturated carbocycles. The Labute approximate surface area is 225 Å². The summed E-state index contributed by atoms with van der Waals surface area (Å²) in [6.07, 6.45) is 3.71. The van der Waals surface area contributed by atoms with Gasteiger partial charge in [-0.05, 0) is 76.5 Å². The molecule has 3 atom stereocenters. The van der Waals surface area contributed by atoms with E-state index in [1.165, 1.54) is 12.5 Å². The number of benzene rings is 1. The van der Waals surface area contributed by atoms with Crippen molar-refractivity contribution < 1.29 is 14.6 Å². The van der Waals surface area contributed by atoms with Crippen LogP contribution in [-0.2, 0) is 24.4 Å². The molecule has 3 aliphatic heterocycles. The van der Waals surface area contributed by atoms with Crippen molar-refractivity contribution in [1.29, 1.82) is 0 Å². The molecule has 0 aliphatic carbocycles. The van der Waals surface area contributed by atoms with Crippen LogP contribution in [0.15, 0.2) is 30.9 Å². The molecular formula is C29H40N6O3. The number of aromatic hydroxyl groups is 1. The fraction of sp³-hybridized carbons (Fsp3) is 0.552. The number of amides is 1. The van der Waals surface area contributed by atoms with Crippen LogP contribution in [0.2, 0.25) is 0 Å². The SMILES string of the molecule is C=CC(=O)N1C[C@H](C)N(c2nc(OC[C@@H]3CCCN3C)nc3c2CN(Cc2cc(O)ccc2C)C3)C[C@H]1C.